The van der Waals surface area contributed by atoms with Gasteiger partial charge >= 0.3 is 6.18 Å². The molecule has 0 aliphatic carbocycles. The van der Waals surface area contributed by atoms with Gasteiger partial charge in [0.1, 0.15) is 11.5 Å². The normalized spacial score (nSPS) is 16.3. The lowest BCUT2D eigenvalue weighted by atomic mass is 9.86. The van der Waals surface area contributed by atoms with Crippen molar-refractivity contribution in [3.05, 3.63) is 77.2 Å². The Hall–Kier alpha value is -3.95. The second-order valence-electron chi connectivity index (χ2n) is 10.8. The van der Waals surface area contributed by atoms with Crippen LogP contribution >= 0.6 is 0 Å². The molecule has 0 bridgehead atoms. The average molecular weight is 542 g/mol. The topological polar surface area (TPSA) is 66.2 Å². The van der Waals surface area contributed by atoms with Crippen LogP contribution in [0.25, 0.3) is 0 Å². The Balaban J connectivity index is 1.25. The summed E-state index contributed by atoms with van der Waals surface area (Å²) in [5.41, 5.74) is 1.38. The number of furan rings is 1. The van der Waals surface area contributed by atoms with Crippen LogP contribution in [0.15, 0.2) is 59.0 Å². The van der Waals surface area contributed by atoms with Gasteiger partial charge in [0.15, 0.2) is 12.4 Å². The first-order valence-electron chi connectivity index (χ1n) is 12.8. The first-order chi connectivity index (χ1) is 18.4. The van der Waals surface area contributed by atoms with Crippen molar-refractivity contribution in [2.24, 2.45) is 0 Å². The molecule has 0 saturated carbocycles. The standard InChI is InChI=1S/C29H30F3N3O4/c1-28(2,3)19-7-9-24-23(16-19)35(26(36)18-38-24)17-22-8-10-25(39-22)27(37)34-13-11-33(12-14-34)21-6-4-5-20(15-21)29(30,31)32/h4-10,15-16H,11-14,17-18H2,1-3H3. The van der Waals surface area contributed by atoms with Gasteiger partial charge in [0.25, 0.3) is 11.8 Å². The fourth-order valence-corrected chi connectivity index (χ4v) is 4.78. The molecular weight excluding hydrogens is 511 g/mol. The summed E-state index contributed by atoms with van der Waals surface area (Å²) >= 11 is 0. The Bertz CT molecular complexity index is 1380. The van der Waals surface area contributed by atoms with Crippen LogP contribution in [0.1, 0.15) is 48.2 Å². The maximum Gasteiger partial charge on any atom is 0.416 e. The van der Waals surface area contributed by atoms with Crippen LogP contribution in [0.3, 0.4) is 0 Å². The zero-order valence-electron chi connectivity index (χ0n) is 22.0. The first kappa shape index (κ1) is 26.6. The van der Waals surface area contributed by atoms with Crippen molar-refractivity contribution in [1.82, 2.24) is 4.90 Å². The van der Waals surface area contributed by atoms with Crippen LogP contribution in [-0.4, -0.2) is 49.5 Å². The van der Waals surface area contributed by atoms with Crippen molar-refractivity contribution in [3.63, 3.8) is 0 Å². The van der Waals surface area contributed by atoms with Gasteiger partial charge in [0.2, 0.25) is 0 Å². The summed E-state index contributed by atoms with van der Waals surface area (Å²) in [5.74, 6) is 0.728. The second-order valence-corrected chi connectivity index (χ2v) is 10.8. The van der Waals surface area contributed by atoms with Gasteiger partial charge in [-0.05, 0) is 53.4 Å². The summed E-state index contributed by atoms with van der Waals surface area (Å²) in [6, 6.07) is 14.3. The van der Waals surface area contributed by atoms with Crippen LogP contribution in [0.2, 0.25) is 0 Å². The van der Waals surface area contributed by atoms with Crippen LogP contribution < -0.4 is 14.5 Å². The number of carbonyl (C=O) groups excluding carboxylic acids is 2. The fourth-order valence-electron chi connectivity index (χ4n) is 4.78. The molecule has 39 heavy (non-hydrogen) atoms. The van der Waals surface area contributed by atoms with E-state index in [9.17, 15) is 22.8 Å². The van der Waals surface area contributed by atoms with E-state index in [0.29, 0.717) is 49.1 Å². The molecule has 0 N–H and O–H groups in total. The highest BCUT2D eigenvalue weighted by Gasteiger charge is 2.32. The van der Waals surface area contributed by atoms with Crippen molar-refractivity contribution in [2.75, 3.05) is 42.6 Å². The van der Waals surface area contributed by atoms with Gasteiger partial charge in [0, 0.05) is 31.9 Å². The summed E-state index contributed by atoms with van der Waals surface area (Å²) in [6.45, 7) is 7.83. The Morgan fingerprint density at radius 1 is 0.923 bits per heavy atom. The predicted molar refractivity (Wildman–Crippen MR) is 140 cm³/mol. The minimum Gasteiger partial charge on any atom is -0.482 e. The Morgan fingerprint density at radius 2 is 1.67 bits per heavy atom. The predicted octanol–water partition coefficient (Wildman–Crippen LogP) is 5.48. The number of rotatable bonds is 4. The molecular formula is C29H30F3N3O4. The van der Waals surface area contributed by atoms with Crippen LogP contribution in [0, 0.1) is 0 Å². The molecule has 7 nitrogen and oxygen atoms in total. The largest absolute Gasteiger partial charge is 0.482 e. The molecule has 2 aliphatic heterocycles. The number of hydrogen-bond acceptors (Lipinski definition) is 5. The highest BCUT2D eigenvalue weighted by Crippen LogP contribution is 2.37. The number of halogens is 3. The zero-order valence-corrected chi connectivity index (χ0v) is 22.0. The molecule has 0 atom stereocenters. The van der Waals surface area contributed by atoms with E-state index in [1.807, 2.05) is 23.1 Å². The number of amides is 2. The molecule has 2 aromatic carbocycles. The number of alkyl halides is 3. The monoisotopic (exact) mass is 541 g/mol. The van der Waals surface area contributed by atoms with Gasteiger partial charge in [-0.1, -0.05) is 32.9 Å². The summed E-state index contributed by atoms with van der Waals surface area (Å²) in [5, 5.41) is 0. The van der Waals surface area contributed by atoms with Crippen molar-refractivity contribution in [1.29, 1.82) is 0 Å². The van der Waals surface area contributed by atoms with E-state index in [-0.39, 0.29) is 36.1 Å². The van der Waals surface area contributed by atoms with Crippen LogP contribution in [0.4, 0.5) is 24.5 Å². The van der Waals surface area contributed by atoms with Gasteiger partial charge in [-0.3, -0.25) is 14.5 Å². The number of benzene rings is 2. The van der Waals surface area contributed by atoms with E-state index in [4.69, 9.17) is 9.15 Å². The number of fused-ring (bicyclic) bond motifs is 1. The van der Waals surface area contributed by atoms with E-state index in [1.165, 1.54) is 6.07 Å². The Kier molecular flexibility index (Phi) is 6.82. The number of piperazine rings is 1. The lowest BCUT2D eigenvalue weighted by Crippen LogP contribution is -2.48. The SMILES string of the molecule is CC(C)(C)c1ccc2c(c1)N(Cc1ccc(C(=O)N3CCN(c4cccc(C(F)(F)F)c4)CC3)o1)C(=O)CO2. The Morgan fingerprint density at radius 3 is 2.36 bits per heavy atom. The Labute approximate surface area is 224 Å². The maximum atomic E-state index is 13.1. The van der Waals surface area contributed by atoms with Gasteiger partial charge in [0.05, 0.1) is 17.8 Å². The third-order valence-corrected chi connectivity index (χ3v) is 7.06. The number of ether oxygens (including phenoxy) is 1. The molecule has 1 saturated heterocycles. The number of anilines is 2. The number of hydrogen-bond donors (Lipinski definition) is 0. The quantitative estimate of drug-likeness (QED) is 0.438. The molecule has 206 valence electrons. The van der Waals surface area contributed by atoms with E-state index in [0.717, 1.165) is 17.7 Å². The van der Waals surface area contributed by atoms with Crippen molar-refractivity contribution >= 4 is 23.2 Å². The molecule has 2 aliphatic rings. The summed E-state index contributed by atoms with van der Waals surface area (Å²) in [6.07, 6.45) is -4.41. The minimum atomic E-state index is -4.41. The zero-order chi connectivity index (χ0) is 27.9. The van der Waals surface area contributed by atoms with E-state index in [1.54, 1.807) is 28.0 Å². The number of carbonyl (C=O) groups is 2. The molecule has 0 unspecified atom stereocenters. The first-order valence-corrected chi connectivity index (χ1v) is 12.8. The molecule has 2 amide bonds. The van der Waals surface area contributed by atoms with Crippen molar-refractivity contribution in [3.8, 4) is 5.75 Å². The summed E-state index contributed by atoms with van der Waals surface area (Å²) < 4.78 is 50.7. The molecule has 0 spiro atoms. The molecule has 10 heteroatoms. The van der Waals surface area contributed by atoms with E-state index in [2.05, 4.69) is 20.8 Å². The smallest absolute Gasteiger partial charge is 0.416 e. The highest BCUT2D eigenvalue weighted by atomic mass is 19.4. The summed E-state index contributed by atoms with van der Waals surface area (Å²) in [7, 11) is 0. The fraction of sp³-hybridized carbons (Fsp3) is 0.379. The third-order valence-electron chi connectivity index (χ3n) is 7.06. The van der Waals surface area contributed by atoms with Gasteiger partial charge in [-0.25, -0.2) is 0 Å². The molecule has 3 heterocycles. The maximum absolute atomic E-state index is 13.1. The van der Waals surface area contributed by atoms with Crippen molar-refractivity contribution in [2.45, 2.75) is 38.9 Å². The molecule has 0 radical (unpaired) electrons. The lowest BCUT2D eigenvalue weighted by molar-refractivity contribution is -0.137. The summed E-state index contributed by atoms with van der Waals surface area (Å²) in [4.78, 5) is 30.9. The average Bonchev–Trinajstić information content (AvgIpc) is 3.37. The van der Waals surface area contributed by atoms with Crippen molar-refractivity contribution < 1.29 is 31.9 Å². The number of nitrogens with zero attached hydrogens (tertiary/aromatic N) is 3. The van der Waals surface area contributed by atoms with Crippen LogP contribution in [-0.2, 0) is 22.9 Å². The van der Waals surface area contributed by atoms with Crippen LogP contribution in [0.5, 0.6) is 5.75 Å². The molecule has 1 aromatic heterocycles. The van der Waals surface area contributed by atoms with E-state index >= 15 is 0 Å². The van der Waals surface area contributed by atoms with Gasteiger partial charge in [-0.15, -0.1) is 0 Å². The minimum absolute atomic E-state index is 0.0789. The van der Waals surface area contributed by atoms with Gasteiger partial charge < -0.3 is 19.0 Å². The highest BCUT2D eigenvalue weighted by molar-refractivity contribution is 5.98. The van der Waals surface area contributed by atoms with Gasteiger partial charge in [-0.2, -0.15) is 13.2 Å². The molecule has 3 aromatic rings. The third kappa shape index (κ3) is 5.60. The molecule has 5 rings (SSSR count). The lowest BCUT2D eigenvalue weighted by Gasteiger charge is -2.36. The van der Waals surface area contributed by atoms with E-state index < -0.39 is 11.7 Å². The second kappa shape index (κ2) is 9.98. The molecule has 1 fully saturated rings.